The summed E-state index contributed by atoms with van der Waals surface area (Å²) in [5.41, 5.74) is 3.16. The third kappa shape index (κ3) is 7.23. The smallest absolute Gasteiger partial charge is 0.242 e. The number of hydrogen-bond acceptors (Lipinski definition) is 6. The summed E-state index contributed by atoms with van der Waals surface area (Å²) in [5, 5.41) is 14.3. The number of hydrogen-bond donors (Lipinski definition) is 3. The van der Waals surface area contributed by atoms with Gasteiger partial charge in [-0.1, -0.05) is 31.2 Å². The van der Waals surface area contributed by atoms with E-state index in [1.807, 2.05) is 18.2 Å². The van der Waals surface area contributed by atoms with Crippen molar-refractivity contribution in [2.24, 2.45) is 0 Å². The fourth-order valence-corrected chi connectivity index (χ4v) is 4.56. The summed E-state index contributed by atoms with van der Waals surface area (Å²) in [7, 11) is -3.64. The Morgan fingerprint density at radius 3 is 2.44 bits per heavy atom. The summed E-state index contributed by atoms with van der Waals surface area (Å²) >= 11 is 0. The van der Waals surface area contributed by atoms with Crippen LogP contribution in [-0.2, 0) is 34.1 Å². The highest BCUT2D eigenvalue weighted by Gasteiger charge is 2.37. The van der Waals surface area contributed by atoms with Gasteiger partial charge in [0, 0.05) is 24.9 Å². The molecule has 2 aromatic carbocycles. The maximum atomic E-state index is 13.8. The fraction of sp³-hybridized carbons (Fsp3) is 0.417. The molecular formula is C24H31F2N3O4S. The Hall–Kier alpha value is -2.53. The fourth-order valence-electron chi connectivity index (χ4n) is 4.03. The summed E-state index contributed by atoms with van der Waals surface area (Å²) in [6.45, 7) is 4.46. The molecule has 10 heteroatoms. The Morgan fingerprint density at radius 2 is 1.79 bits per heavy atom. The Morgan fingerprint density at radius 1 is 1.12 bits per heavy atom. The van der Waals surface area contributed by atoms with Crippen molar-refractivity contribution in [2.75, 3.05) is 12.8 Å². The minimum absolute atomic E-state index is 0.0549. The molecule has 3 rings (SSSR count). The predicted molar refractivity (Wildman–Crippen MR) is 126 cm³/mol. The topological polar surface area (TPSA) is 90.9 Å². The minimum Gasteiger partial charge on any atom is -0.462 e. The van der Waals surface area contributed by atoms with Crippen molar-refractivity contribution >= 4 is 10.0 Å². The van der Waals surface area contributed by atoms with E-state index >= 15 is 0 Å². The van der Waals surface area contributed by atoms with Gasteiger partial charge in [0.25, 0.3) is 0 Å². The van der Waals surface area contributed by atoms with Gasteiger partial charge in [-0.15, -0.1) is 0 Å². The van der Waals surface area contributed by atoms with Gasteiger partial charge in [0.15, 0.2) is 0 Å². The molecule has 1 heterocycles. The first-order valence-corrected chi connectivity index (χ1v) is 12.9. The van der Waals surface area contributed by atoms with E-state index in [-0.39, 0.29) is 13.0 Å². The molecule has 34 heavy (non-hydrogen) atoms. The third-order valence-electron chi connectivity index (χ3n) is 5.59. The number of nitrogens with one attached hydrogen (secondary N) is 2. The molecule has 0 amide bonds. The Kier molecular flexibility index (Phi) is 8.64. The number of allylic oxidation sites excluding steroid dienone is 1. The van der Waals surface area contributed by atoms with Gasteiger partial charge in [-0.2, -0.15) is 4.72 Å². The molecule has 2 aromatic rings. The summed E-state index contributed by atoms with van der Waals surface area (Å²) in [6.07, 6.45) is 1.25. The van der Waals surface area contributed by atoms with Crippen LogP contribution in [0.1, 0.15) is 30.5 Å². The van der Waals surface area contributed by atoms with Crippen molar-refractivity contribution in [2.45, 2.75) is 51.7 Å². The lowest BCUT2D eigenvalue weighted by molar-refractivity contribution is -0.0239. The van der Waals surface area contributed by atoms with Crippen LogP contribution < -0.4 is 10.0 Å². The first-order valence-electron chi connectivity index (χ1n) is 11.0. The molecule has 1 unspecified atom stereocenters. The number of rotatable bonds is 11. The first kappa shape index (κ1) is 26.1. The number of aryl methyl sites for hydroxylation is 1. The normalized spacial score (nSPS) is 17.9. The van der Waals surface area contributed by atoms with Crippen LogP contribution in [0.5, 0.6) is 0 Å². The Balaban J connectivity index is 1.80. The SMILES string of the molecule is CCc1cccc(CNC[C@@H](O)[C@H](Cc2cc(F)cc(F)c2)N2C(C)=COC2NS(C)(=O)=O)c1. The molecule has 0 saturated carbocycles. The van der Waals surface area contributed by atoms with Crippen molar-refractivity contribution in [1.29, 1.82) is 0 Å². The van der Waals surface area contributed by atoms with Gasteiger partial charge in [0.1, 0.15) is 17.9 Å². The molecule has 0 fully saturated rings. The van der Waals surface area contributed by atoms with E-state index in [2.05, 4.69) is 23.0 Å². The molecule has 1 aliphatic rings. The van der Waals surface area contributed by atoms with Crippen molar-refractivity contribution in [1.82, 2.24) is 14.9 Å². The summed E-state index contributed by atoms with van der Waals surface area (Å²) in [6, 6.07) is 10.5. The monoisotopic (exact) mass is 495 g/mol. The zero-order valence-electron chi connectivity index (χ0n) is 19.5. The number of benzene rings is 2. The number of halogens is 2. The molecule has 0 saturated heterocycles. The number of sulfonamides is 1. The van der Waals surface area contributed by atoms with E-state index in [1.54, 1.807) is 11.8 Å². The number of aliphatic hydroxyl groups is 1. The van der Waals surface area contributed by atoms with Crippen molar-refractivity contribution in [3.8, 4) is 0 Å². The maximum absolute atomic E-state index is 13.8. The molecule has 0 bridgehead atoms. The van der Waals surface area contributed by atoms with Gasteiger partial charge < -0.3 is 20.1 Å². The van der Waals surface area contributed by atoms with Gasteiger partial charge in [-0.3, -0.25) is 0 Å². The maximum Gasteiger partial charge on any atom is 0.242 e. The highest BCUT2D eigenvalue weighted by Crippen LogP contribution is 2.26. The highest BCUT2D eigenvalue weighted by atomic mass is 32.2. The Bertz CT molecular complexity index is 1110. The number of ether oxygens (including phenoxy) is 1. The molecule has 0 radical (unpaired) electrons. The number of aliphatic hydroxyl groups excluding tert-OH is 1. The quantitative estimate of drug-likeness (QED) is 0.444. The van der Waals surface area contributed by atoms with Crippen LogP contribution in [0.3, 0.4) is 0 Å². The molecule has 3 N–H and O–H groups in total. The van der Waals surface area contributed by atoms with E-state index in [4.69, 9.17) is 4.74 Å². The lowest BCUT2D eigenvalue weighted by atomic mass is 9.98. The molecule has 186 valence electrons. The molecule has 0 spiro atoms. The second-order valence-electron chi connectivity index (χ2n) is 8.47. The zero-order chi connectivity index (χ0) is 24.9. The van der Waals surface area contributed by atoms with Gasteiger partial charge in [-0.05, 0) is 48.6 Å². The van der Waals surface area contributed by atoms with Crippen LogP contribution in [0.15, 0.2) is 54.4 Å². The van der Waals surface area contributed by atoms with Crippen LogP contribution in [0.4, 0.5) is 8.78 Å². The van der Waals surface area contributed by atoms with Crippen LogP contribution in [0.25, 0.3) is 0 Å². The molecular weight excluding hydrogens is 464 g/mol. The summed E-state index contributed by atoms with van der Waals surface area (Å²) in [5.74, 6) is -1.46. The zero-order valence-corrected chi connectivity index (χ0v) is 20.3. The highest BCUT2D eigenvalue weighted by molar-refractivity contribution is 7.88. The number of nitrogens with zero attached hydrogens (tertiary/aromatic N) is 1. The molecule has 7 nitrogen and oxygen atoms in total. The molecule has 3 atom stereocenters. The Labute approximate surface area is 199 Å². The average Bonchev–Trinajstić information content (AvgIpc) is 3.09. The predicted octanol–water partition coefficient (Wildman–Crippen LogP) is 2.62. The van der Waals surface area contributed by atoms with Gasteiger partial charge in [-0.25, -0.2) is 17.2 Å². The second kappa shape index (κ2) is 11.3. The lowest BCUT2D eigenvalue weighted by Crippen LogP contribution is -2.55. The summed E-state index contributed by atoms with van der Waals surface area (Å²) in [4.78, 5) is 1.58. The van der Waals surface area contributed by atoms with Crippen LogP contribution in [-0.4, -0.2) is 49.7 Å². The van der Waals surface area contributed by atoms with Crippen molar-refractivity contribution < 1.29 is 27.0 Å². The van der Waals surface area contributed by atoms with E-state index in [1.165, 1.54) is 24.0 Å². The van der Waals surface area contributed by atoms with Crippen LogP contribution >= 0.6 is 0 Å². The molecule has 0 aliphatic carbocycles. The van der Waals surface area contributed by atoms with E-state index < -0.39 is 40.2 Å². The van der Waals surface area contributed by atoms with Crippen molar-refractivity contribution in [3.63, 3.8) is 0 Å². The van der Waals surface area contributed by atoms with Gasteiger partial charge >= 0.3 is 0 Å². The summed E-state index contributed by atoms with van der Waals surface area (Å²) < 4.78 is 59.2. The molecule has 1 aliphatic heterocycles. The van der Waals surface area contributed by atoms with E-state index in [9.17, 15) is 22.3 Å². The first-order chi connectivity index (χ1) is 16.1. The largest absolute Gasteiger partial charge is 0.462 e. The second-order valence-corrected chi connectivity index (χ2v) is 10.2. The van der Waals surface area contributed by atoms with Crippen LogP contribution in [0, 0.1) is 11.6 Å². The van der Waals surface area contributed by atoms with Gasteiger partial charge in [0.2, 0.25) is 16.4 Å². The lowest BCUT2D eigenvalue weighted by Gasteiger charge is -2.37. The van der Waals surface area contributed by atoms with Gasteiger partial charge in [0.05, 0.1) is 18.4 Å². The minimum atomic E-state index is -3.64. The van der Waals surface area contributed by atoms with Crippen molar-refractivity contribution in [3.05, 3.63) is 82.7 Å². The average molecular weight is 496 g/mol. The van der Waals surface area contributed by atoms with Crippen LogP contribution in [0.2, 0.25) is 0 Å². The third-order valence-corrected chi connectivity index (χ3v) is 6.22. The standard InChI is InChI=1S/C24H31F2N3O4S/c1-4-17-6-5-7-18(8-17)13-27-14-23(30)22(11-19-9-20(25)12-21(26)10-19)29-16(2)15-33-24(29)28-34(3,31)32/h5-10,12,15,22-24,27-28,30H,4,11,13-14H2,1-3H3/t22-,23+,24?/m0/s1. The van der Waals surface area contributed by atoms with E-state index in [0.717, 1.165) is 24.3 Å². The molecule has 0 aromatic heterocycles. The van der Waals surface area contributed by atoms with E-state index in [0.29, 0.717) is 17.8 Å².